The molecule has 0 aliphatic carbocycles. The van der Waals surface area contributed by atoms with Gasteiger partial charge in [0.2, 0.25) is 5.91 Å². The average Bonchev–Trinajstić information content (AvgIpc) is 2.37. The Balaban J connectivity index is 2.61. The number of carbonyl (C=O) groups is 1. The summed E-state index contributed by atoms with van der Waals surface area (Å²) in [7, 11) is 0. The van der Waals surface area contributed by atoms with Gasteiger partial charge in [-0.05, 0) is 37.0 Å². The van der Waals surface area contributed by atoms with Crippen LogP contribution in [0.5, 0.6) is 0 Å². The fourth-order valence-corrected chi connectivity index (χ4v) is 1.86. The molecular weight excluding hydrogens is 238 g/mol. The molecule has 1 aromatic rings. The van der Waals surface area contributed by atoms with Crippen LogP contribution < -0.4 is 11.1 Å². The first-order valence-electron chi connectivity index (χ1n) is 6.50. The van der Waals surface area contributed by atoms with Crippen molar-refractivity contribution in [3.05, 3.63) is 35.4 Å². The van der Waals surface area contributed by atoms with Gasteiger partial charge >= 0.3 is 0 Å². The molecule has 1 amide bonds. The van der Waals surface area contributed by atoms with Crippen LogP contribution in [-0.4, -0.2) is 11.9 Å². The molecular formula is C15H21N3O. The Hall–Kier alpha value is -1.86. The van der Waals surface area contributed by atoms with E-state index in [4.69, 9.17) is 11.0 Å². The summed E-state index contributed by atoms with van der Waals surface area (Å²) in [5, 5.41) is 11.6. The third kappa shape index (κ3) is 4.72. The molecule has 4 heteroatoms. The number of carbonyl (C=O) groups excluding carboxylic acids is 1. The topological polar surface area (TPSA) is 78.9 Å². The molecule has 0 aliphatic heterocycles. The summed E-state index contributed by atoms with van der Waals surface area (Å²) in [6.45, 7) is 5.98. The normalized spacial score (nSPS) is 13.7. The molecule has 0 spiro atoms. The Bertz CT molecular complexity index is 459. The van der Waals surface area contributed by atoms with Gasteiger partial charge in [0.05, 0.1) is 23.7 Å². The van der Waals surface area contributed by atoms with Crippen LogP contribution >= 0.6 is 0 Å². The zero-order valence-electron chi connectivity index (χ0n) is 11.7. The lowest BCUT2D eigenvalue weighted by atomic mass is 10.0. The molecule has 0 radical (unpaired) electrons. The van der Waals surface area contributed by atoms with E-state index in [0.717, 1.165) is 5.56 Å². The zero-order chi connectivity index (χ0) is 14.4. The Morgan fingerprint density at radius 3 is 2.37 bits per heavy atom. The van der Waals surface area contributed by atoms with E-state index in [2.05, 4.69) is 11.4 Å². The van der Waals surface area contributed by atoms with Gasteiger partial charge in [-0.15, -0.1) is 0 Å². The molecule has 3 N–H and O–H groups in total. The molecule has 1 rings (SSSR count). The number of benzene rings is 1. The second-order valence-corrected chi connectivity index (χ2v) is 5.20. The van der Waals surface area contributed by atoms with Gasteiger partial charge in [0.1, 0.15) is 0 Å². The van der Waals surface area contributed by atoms with Crippen LogP contribution in [0.25, 0.3) is 0 Å². The van der Waals surface area contributed by atoms with E-state index in [1.807, 2.05) is 32.9 Å². The molecule has 0 heterocycles. The van der Waals surface area contributed by atoms with Crippen LogP contribution in [-0.2, 0) is 4.79 Å². The van der Waals surface area contributed by atoms with Crippen molar-refractivity contribution in [1.82, 2.24) is 5.32 Å². The molecule has 0 saturated carbocycles. The van der Waals surface area contributed by atoms with E-state index in [-0.39, 0.29) is 11.9 Å². The third-order valence-corrected chi connectivity index (χ3v) is 2.96. The highest BCUT2D eigenvalue weighted by Crippen LogP contribution is 2.13. The molecule has 0 fully saturated rings. The van der Waals surface area contributed by atoms with Gasteiger partial charge in [0.15, 0.2) is 0 Å². The maximum absolute atomic E-state index is 11.9. The van der Waals surface area contributed by atoms with Gasteiger partial charge in [0, 0.05) is 0 Å². The quantitative estimate of drug-likeness (QED) is 0.850. The van der Waals surface area contributed by atoms with Crippen LogP contribution in [0.4, 0.5) is 0 Å². The van der Waals surface area contributed by atoms with Crippen molar-refractivity contribution in [3.8, 4) is 6.07 Å². The number of nitriles is 1. The zero-order valence-corrected chi connectivity index (χ0v) is 11.7. The van der Waals surface area contributed by atoms with Gasteiger partial charge in [-0.25, -0.2) is 0 Å². The lowest BCUT2D eigenvalue weighted by Gasteiger charge is -2.19. The van der Waals surface area contributed by atoms with E-state index < -0.39 is 6.04 Å². The van der Waals surface area contributed by atoms with Crippen molar-refractivity contribution < 1.29 is 4.79 Å². The molecule has 2 atom stereocenters. The summed E-state index contributed by atoms with van der Waals surface area (Å²) in [5.74, 6) is 0.261. The molecule has 0 aliphatic rings. The number of nitrogens with two attached hydrogens (primary N) is 1. The first-order valence-corrected chi connectivity index (χ1v) is 6.50. The van der Waals surface area contributed by atoms with Crippen LogP contribution in [0.15, 0.2) is 24.3 Å². The Labute approximate surface area is 114 Å². The molecule has 19 heavy (non-hydrogen) atoms. The van der Waals surface area contributed by atoms with Gasteiger partial charge in [-0.3, -0.25) is 4.79 Å². The van der Waals surface area contributed by atoms with Crippen LogP contribution in [0, 0.1) is 17.2 Å². The van der Waals surface area contributed by atoms with Crippen LogP contribution in [0.1, 0.15) is 44.4 Å². The Kier molecular flexibility index (Phi) is 5.53. The number of nitrogens with zero attached hydrogens (tertiary/aromatic N) is 1. The largest absolute Gasteiger partial charge is 0.348 e. The van der Waals surface area contributed by atoms with Crippen molar-refractivity contribution >= 4 is 5.91 Å². The minimum Gasteiger partial charge on any atom is -0.348 e. The first kappa shape index (κ1) is 15.2. The standard InChI is InChI=1S/C15H21N3O/c1-10(2)8-14(17)15(19)18-11(3)13-6-4-12(9-16)5-7-13/h4-7,10-11,14H,8,17H2,1-3H3,(H,18,19)/t11?,14-/m1/s1. The van der Waals surface area contributed by atoms with Gasteiger partial charge in [-0.1, -0.05) is 26.0 Å². The third-order valence-electron chi connectivity index (χ3n) is 2.96. The van der Waals surface area contributed by atoms with Crippen LogP contribution in [0.2, 0.25) is 0 Å². The molecule has 0 bridgehead atoms. The van der Waals surface area contributed by atoms with Crippen molar-refractivity contribution in [2.24, 2.45) is 11.7 Å². The van der Waals surface area contributed by atoms with Crippen molar-refractivity contribution in [3.63, 3.8) is 0 Å². The highest BCUT2D eigenvalue weighted by Gasteiger charge is 2.17. The van der Waals surface area contributed by atoms with Crippen molar-refractivity contribution in [2.75, 3.05) is 0 Å². The fraction of sp³-hybridized carbons (Fsp3) is 0.467. The van der Waals surface area contributed by atoms with E-state index in [9.17, 15) is 4.79 Å². The molecule has 102 valence electrons. The molecule has 0 aromatic heterocycles. The fourth-order valence-electron chi connectivity index (χ4n) is 1.86. The summed E-state index contributed by atoms with van der Waals surface area (Å²) in [6.07, 6.45) is 0.673. The summed E-state index contributed by atoms with van der Waals surface area (Å²) in [4.78, 5) is 11.9. The van der Waals surface area contributed by atoms with E-state index in [1.165, 1.54) is 0 Å². The summed E-state index contributed by atoms with van der Waals surface area (Å²) >= 11 is 0. The highest BCUT2D eigenvalue weighted by atomic mass is 16.2. The van der Waals surface area contributed by atoms with Gasteiger partial charge < -0.3 is 11.1 Å². The number of hydrogen-bond acceptors (Lipinski definition) is 3. The molecule has 1 unspecified atom stereocenters. The number of nitrogens with one attached hydrogen (secondary N) is 1. The van der Waals surface area contributed by atoms with Gasteiger partial charge in [-0.2, -0.15) is 5.26 Å². The second kappa shape index (κ2) is 6.91. The van der Waals surface area contributed by atoms with Gasteiger partial charge in [0.25, 0.3) is 0 Å². The number of amides is 1. The average molecular weight is 259 g/mol. The maximum Gasteiger partial charge on any atom is 0.237 e. The van der Waals surface area contributed by atoms with E-state index in [0.29, 0.717) is 17.9 Å². The molecule has 4 nitrogen and oxygen atoms in total. The maximum atomic E-state index is 11.9. The summed E-state index contributed by atoms with van der Waals surface area (Å²) < 4.78 is 0. The second-order valence-electron chi connectivity index (χ2n) is 5.20. The Morgan fingerprint density at radius 1 is 1.32 bits per heavy atom. The van der Waals surface area contributed by atoms with E-state index >= 15 is 0 Å². The molecule has 0 saturated heterocycles. The highest BCUT2D eigenvalue weighted by molar-refractivity contribution is 5.81. The number of hydrogen-bond donors (Lipinski definition) is 2. The lowest BCUT2D eigenvalue weighted by Crippen LogP contribution is -2.42. The van der Waals surface area contributed by atoms with E-state index in [1.54, 1.807) is 12.1 Å². The summed E-state index contributed by atoms with van der Waals surface area (Å²) in [5.41, 5.74) is 7.41. The summed E-state index contributed by atoms with van der Waals surface area (Å²) in [6, 6.07) is 8.66. The monoisotopic (exact) mass is 259 g/mol. The number of rotatable bonds is 5. The minimum atomic E-state index is -0.471. The predicted octanol–water partition coefficient (Wildman–Crippen LogP) is 2.11. The lowest BCUT2D eigenvalue weighted by molar-refractivity contribution is -0.123. The van der Waals surface area contributed by atoms with Crippen LogP contribution in [0.3, 0.4) is 0 Å². The predicted molar refractivity (Wildman–Crippen MR) is 75.1 cm³/mol. The SMILES string of the molecule is CC(C)C[C@@H](N)C(=O)NC(C)c1ccc(C#N)cc1. The van der Waals surface area contributed by atoms with Crippen molar-refractivity contribution in [2.45, 2.75) is 39.3 Å². The smallest absolute Gasteiger partial charge is 0.237 e. The minimum absolute atomic E-state index is 0.113. The first-order chi connectivity index (χ1) is 8.93. The molecule has 1 aromatic carbocycles. The van der Waals surface area contributed by atoms with Crippen molar-refractivity contribution in [1.29, 1.82) is 5.26 Å². The Morgan fingerprint density at radius 2 is 1.89 bits per heavy atom.